The van der Waals surface area contributed by atoms with Crippen molar-refractivity contribution in [3.63, 3.8) is 0 Å². The third kappa shape index (κ3) is 4.70. The van der Waals surface area contributed by atoms with Crippen LogP contribution in [0.1, 0.15) is 27.6 Å². The number of piperazine rings is 1. The van der Waals surface area contributed by atoms with E-state index in [-0.39, 0.29) is 5.91 Å². The summed E-state index contributed by atoms with van der Waals surface area (Å²) in [6, 6.07) is 19.7. The number of para-hydroxylation sites is 1. The average Bonchev–Trinajstić information content (AvgIpc) is 3.48. The maximum atomic E-state index is 13.3. The lowest BCUT2D eigenvalue weighted by Crippen LogP contribution is -2.48. The van der Waals surface area contributed by atoms with E-state index in [4.69, 9.17) is 9.26 Å². The van der Waals surface area contributed by atoms with Crippen molar-refractivity contribution < 1.29 is 14.1 Å². The van der Waals surface area contributed by atoms with Crippen molar-refractivity contribution in [3.05, 3.63) is 83.5 Å². The van der Waals surface area contributed by atoms with E-state index in [1.807, 2.05) is 67.3 Å². The summed E-state index contributed by atoms with van der Waals surface area (Å²) in [4.78, 5) is 22.0. The minimum Gasteiger partial charge on any atom is -0.497 e. The van der Waals surface area contributed by atoms with Crippen LogP contribution in [-0.2, 0) is 6.54 Å². The summed E-state index contributed by atoms with van der Waals surface area (Å²) in [6.07, 6.45) is 0. The number of nitrogens with zero attached hydrogens (tertiary/aromatic N) is 5. The number of amides is 1. The maximum absolute atomic E-state index is 13.3. The first kappa shape index (κ1) is 22.9. The van der Waals surface area contributed by atoms with Gasteiger partial charge in [-0.15, -0.1) is 0 Å². The van der Waals surface area contributed by atoms with Crippen LogP contribution in [0, 0.1) is 13.8 Å². The zero-order valence-corrected chi connectivity index (χ0v) is 20.3. The van der Waals surface area contributed by atoms with Crippen molar-refractivity contribution in [2.75, 3.05) is 33.3 Å². The van der Waals surface area contributed by atoms with Gasteiger partial charge in [0.05, 0.1) is 19.2 Å². The van der Waals surface area contributed by atoms with Gasteiger partial charge >= 0.3 is 0 Å². The molecule has 8 heteroatoms. The lowest BCUT2D eigenvalue weighted by molar-refractivity contribution is 0.0614. The lowest BCUT2D eigenvalue weighted by Gasteiger charge is -2.34. The summed E-state index contributed by atoms with van der Waals surface area (Å²) >= 11 is 0. The van der Waals surface area contributed by atoms with E-state index < -0.39 is 0 Å². The fourth-order valence-corrected chi connectivity index (χ4v) is 4.60. The third-order valence-electron chi connectivity index (χ3n) is 6.51. The first-order chi connectivity index (χ1) is 17.0. The van der Waals surface area contributed by atoms with E-state index in [1.54, 1.807) is 7.11 Å². The summed E-state index contributed by atoms with van der Waals surface area (Å²) in [6.45, 7) is 7.44. The van der Waals surface area contributed by atoms with Crippen LogP contribution in [0.3, 0.4) is 0 Å². The molecule has 1 aliphatic rings. The molecule has 0 saturated carbocycles. The monoisotopic (exact) mass is 471 g/mol. The summed E-state index contributed by atoms with van der Waals surface area (Å²) in [5, 5.41) is 4.12. The number of benzene rings is 2. The molecule has 1 amide bonds. The first-order valence-electron chi connectivity index (χ1n) is 11.8. The molecule has 0 spiro atoms. The molecule has 3 heterocycles. The summed E-state index contributed by atoms with van der Waals surface area (Å²) in [7, 11) is 1.64. The van der Waals surface area contributed by atoms with Crippen LogP contribution in [0.15, 0.2) is 65.2 Å². The zero-order chi connectivity index (χ0) is 24.4. The predicted molar refractivity (Wildman–Crippen MR) is 133 cm³/mol. The van der Waals surface area contributed by atoms with Gasteiger partial charge in [-0.3, -0.25) is 9.69 Å². The smallest absolute Gasteiger partial charge is 0.255 e. The molecular weight excluding hydrogens is 442 g/mol. The largest absolute Gasteiger partial charge is 0.497 e. The van der Waals surface area contributed by atoms with Crippen LogP contribution >= 0.6 is 0 Å². The van der Waals surface area contributed by atoms with Crippen LogP contribution in [0.25, 0.3) is 17.1 Å². The average molecular weight is 472 g/mol. The van der Waals surface area contributed by atoms with E-state index in [1.165, 1.54) is 0 Å². The third-order valence-corrected chi connectivity index (χ3v) is 6.51. The topological polar surface area (TPSA) is 76.6 Å². The standard InChI is InChI=1S/C27H29N5O3/c1-19-17-24(20(2)32(19)22-7-5-4-6-8-22)27(33)31-15-13-30(14-16-31)18-25-28-26(29-35-25)21-9-11-23(34-3)12-10-21/h4-12,17H,13-16,18H2,1-3H3. The summed E-state index contributed by atoms with van der Waals surface area (Å²) in [5.74, 6) is 2.00. The molecule has 0 bridgehead atoms. The molecule has 0 aliphatic carbocycles. The second-order valence-corrected chi connectivity index (χ2v) is 8.76. The number of carbonyl (C=O) groups is 1. The lowest BCUT2D eigenvalue weighted by atomic mass is 10.2. The number of hydrogen-bond donors (Lipinski definition) is 0. The number of methoxy groups -OCH3 is 1. The quantitative estimate of drug-likeness (QED) is 0.421. The molecule has 0 atom stereocenters. The van der Waals surface area contributed by atoms with E-state index in [2.05, 4.69) is 31.7 Å². The maximum Gasteiger partial charge on any atom is 0.255 e. The molecule has 0 radical (unpaired) electrons. The molecule has 180 valence electrons. The Labute approximate surface area is 204 Å². The Kier molecular flexibility index (Phi) is 6.37. The summed E-state index contributed by atoms with van der Waals surface area (Å²) in [5.41, 5.74) is 4.74. The first-order valence-corrected chi connectivity index (χ1v) is 11.8. The highest BCUT2D eigenvalue weighted by molar-refractivity contribution is 5.96. The molecule has 0 N–H and O–H groups in total. The van der Waals surface area contributed by atoms with Crippen molar-refractivity contribution in [1.82, 2.24) is 24.5 Å². The number of rotatable bonds is 6. The van der Waals surface area contributed by atoms with Gasteiger partial charge in [0.25, 0.3) is 5.91 Å². The second-order valence-electron chi connectivity index (χ2n) is 8.76. The number of aromatic nitrogens is 3. The van der Waals surface area contributed by atoms with Crippen LogP contribution in [0.5, 0.6) is 5.75 Å². The van der Waals surface area contributed by atoms with Crippen LogP contribution in [0.4, 0.5) is 0 Å². The molecule has 0 unspecified atom stereocenters. The highest BCUT2D eigenvalue weighted by Gasteiger charge is 2.26. The molecule has 1 aliphatic heterocycles. The van der Waals surface area contributed by atoms with Gasteiger partial charge in [0.15, 0.2) is 0 Å². The molecule has 1 saturated heterocycles. The Hall–Kier alpha value is -3.91. The van der Waals surface area contributed by atoms with Crippen molar-refractivity contribution in [1.29, 1.82) is 0 Å². The van der Waals surface area contributed by atoms with Crippen molar-refractivity contribution in [3.8, 4) is 22.8 Å². The number of aryl methyl sites for hydroxylation is 1. The van der Waals surface area contributed by atoms with E-state index in [0.717, 1.165) is 47.0 Å². The number of ether oxygens (including phenoxy) is 1. The minimum absolute atomic E-state index is 0.0829. The van der Waals surface area contributed by atoms with Crippen molar-refractivity contribution >= 4 is 5.91 Å². The molecule has 1 fully saturated rings. The Balaban J connectivity index is 1.20. The van der Waals surface area contributed by atoms with Gasteiger partial charge in [0.2, 0.25) is 11.7 Å². The normalized spacial score (nSPS) is 14.3. The number of hydrogen-bond acceptors (Lipinski definition) is 6. The summed E-state index contributed by atoms with van der Waals surface area (Å²) < 4.78 is 12.8. The Bertz CT molecular complexity index is 1300. The molecule has 35 heavy (non-hydrogen) atoms. The zero-order valence-electron chi connectivity index (χ0n) is 20.3. The molecule has 2 aromatic heterocycles. The van der Waals surface area contributed by atoms with Crippen molar-refractivity contribution in [2.45, 2.75) is 20.4 Å². The van der Waals surface area contributed by atoms with Gasteiger partial charge in [-0.25, -0.2) is 0 Å². The van der Waals surface area contributed by atoms with Crippen LogP contribution < -0.4 is 4.74 Å². The van der Waals surface area contributed by atoms with Crippen LogP contribution in [-0.4, -0.2) is 63.7 Å². The number of carbonyl (C=O) groups excluding carboxylic acids is 1. The van der Waals surface area contributed by atoms with E-state index in [0.29, 0.717) is 31.3 Å². The fourth-order valence-electron chi connectivity index (χ4n) is 4.60. The van der Waals surface area contributed by atoms with Gasteiger partial charge in [-0.2, -0.15) is 4.98 Å². The fraction of sp³-hybridized carbons (Fsp3) is 0.296. The SMILES string of the molecule is COc1ccc(-c2noc(CN3CCN(C(=O)c4cc(C)n(-c5ccccc5)c4C)CC3)n2)cc1. The second kappa shape index (κ2) is 9.76. The van der Waals surface area contributed by atoms with Gasteiger partial charge in [-0.1, -0.05) is 23.4 Å². The Morgan fingerprint density at radius 1 is 1.00 bits per heavy atom. The van der Waals surface area contributed by atoms with E-state index >= 15 is 0 Å². The van der Waals surface area contributed by atoms with Crippen LogP contribution in [0.2, 0.25) is 0 Å². The molecule has 8 nitrogen and oxygen atoms in total. The predicted octanol–water partition coefficient (Wildman–Crippen LogP) is 4.11. The highest BCUT2D eigenvalue weighted by atomic mass is 16.5. The van der Waals surface area contributed by atoms with Crippen molar-refractivity contribution in [2.24, 2.45) is 0 Å². The van der Waals surface area contributed by atoms with E-state index in [9.17, 15) is 4.79 Å². The van der Waals surface area contributed by atoms with Gasteiger partial charge in [0.1, 0.15) is 5.75 Å². The molecule has 4 aromatic rings. The Morgan fingerprint density at radius 2 is 1.71 bits per heavy atom. The molecular formula is C27H29N5O3. The highest BCUT2D eigenvalue weighted by Crippen LogP contribution is 2.23. The molecule has 2 aromatic carbocycles. The van der Waals surface area contributed by atoms with Gasteiger partial charge < -0.3 is 18.7 Å². The van der Waals surface area contributed by atoms with Gasteiger partial charge in [0, 0.05) is 48.8 Å². The Morgan fingerprint density at radius 3 is 2.40 bits per heavy atom. The minimum atomic E-state index is 0.0829. The molecule has 5 rings (SSSR count). The van der Waals surface area contributed by atoms with Gasteiger partial charge in [-0.05, 0) is 56.3 Å².